The molecule has 2 atom stereocenters. The maximum absolute atomic E-state index is 12.1. The first-order chi connectivity index (χ1) is 12.1. The summed E-state index contributed by atoms with van der Waals surface area (Å²) in [5.74, 6) is -0.407. The zero-order valence-electron chi connectivity index (χ0n) is 13.3. The molecule has 1 aliphatic rings. The van der Waals surface area contributed by atoms with Gasteiger partial charge in [-0.25, -0.2) is 9.97 Å². The topological polar surface area (TPSA) is 92.2 Å². The van der Waals surface area contributed by atoms with Gasteiger partial charge in [0, 0.05) is 24.4 Å². The predicted molar refractivity (Wildman–Crippen MR) is 95.9 cm³/mol. The molecule has 0 radical (unpaired) electrons. The van der Waals surface area contributed by atoms with Crippen LogP contribution in [0.15, 0.2) is 54.2 Å². The number of hydrogen-bond acceptors (Lipinski definition) is 5. The molecule has 0 bridgehead atoms. The molecule has 0 saturated heterocycles. The van der Waals surface area contributed by atoms with Crippen LogP contribution in [0.5, 0.6) is 0 Å². The lowest BCUT2D eigenvalue weighted by Gasteiger charge is -2.16. The Morgan fingerprint density at radius 1 is 1.16 bits per heavy atom. The van der Waals surface area contributed by atoms with E-state index < -0.39 is 17.3 Å². The lowest BCUT2D eigenvalue weighted by atomic mass is 10.1. The van der Waals surface area contributed by atoms with Crippen LogP contribution in [0.3, 0.4) is 0 Å². The van der Waals surface area contributed by atoms with Crippen molar-refractivity contribution in [3.8, 4) is 11.4 Å². The number of rotatable bonds is 6. The number of hydrogen-bond donors (Lipinski definition) is 2. The average molecular weight is 355 g/mol. The Kier molecular flexibility index (Phi) is 5.45. The van der Waals surface area contributed by atoms with Gasteiger partial charge in [0.15, 0.2) is 5.82 Å². The largest absolute Gasteiger partial charge is 0.480 e. The first kappa shape index (κ1) is 17.2. The van der Waals surface area contributed by atoms with Crippen LogP contribution in [0, 0.1) is 0 Å². The molecule has 1 amide bonds. The van der Waals surface area contributed by atoms with Crippen molar-refractivity contribution in [3.63, 3.8) is 0 Å². The number of carbonyl (C=O) groups is 2. The van der Waals surface area contributed by atoms with E-state index in [0.29, 0.717) is 18.7 Å². The number of amides is 1. The standard InChI is InChI=1S/C18H17N3O3S/c22-15(21-14-8-11-25-16(14)18(23)24)7-4-12-2-5-13(6-3-12)17-19-9-1-10-20-17/h1-3,5-6,8-11,14,16H,4,7H2,(H,21,22)(H,23,24). The van der Waals surface area contributed by atoms with Gasteiger partial charge in [-0.15, -0.1) is 11.8 Å². The molecule has 25 heavy (non-hydrogen) atoms. The summed E-state index contributed by atoms with van der Waals surface area (Å²) >= 11 is 1.21. The molecule has 2 N–H and O–H groups in total. The van der Waals surface area contributed by atoms with Crippen molar-refractivity contribution < 1.29 is 14.7 Å². The van der Waals surface area contributed by atoms with Crippen LogP contribution in [0.2, 0.25) is 0 Å². The normalized spacial score (nSPS) is 18.9. The summed E-state index contributed by atoms with van der Waals surface area (Å²) in [6.45, 7) is 0. The third-order valence-electron chi connectivity index (χ3n) is 3.83. The molecule has 0 fully saturated rings. The molecule has 1 aromatic carbocycles. The van der Waals surface area contributed by atoms with Crippen molar-refractivity contribution >= 4 is 23.6 Å². The van der Waals surface area contributed by atoms with E-state index in [0.717, 1.165) is 11.1 Å². The Morgan fingerprint density at radius 2 is 1.88 bits per heavy atom. The van der Waals surface area contributed by atoms with Crippen molar-refractivity contribution in [2.45, 2.75) is 24.1 Å². The van der Waals surface area contributed by atoms with E-state index in [1.807, 2.05) is 24.3 Å². The number of thioether (sulfide) groups is 1. The number of carboxylic acid groups (broad SMARTS) is 1. The molecule has 1 aliphatic heterocycles. The van der Waals surface area contributed by atoms with Gasteiger partial charge in [0.2, 0.25) is 5.91 Å². The van der Waals surface area contributed by atoms with Gasteiger partial charge in [0.1, 0.15) is 5.25 Å². The second-order valence-corrected chi connectivity index (χ2v) is 6.64. The summed E-state index contributed by atoms with van der Waals surface area (Å²) in [7, 11) is 0. The molecule has 0 spiro atoms. The molecule has 7 heteroatoms. The minimum Gasteiger partial charge on any atom is -0.480 e. The first-order valence-corrected chi connectivity index (χ1v) is 8.78. The minimum absolute atomic E-state index is 0.154. The van der Waals surface area contributed by atoms with Crippen LogP contribution in [0.1, 0.15) is 12.0 Å². The highest BCUT2D eigenvalue weighted by atomic mass is 32.2. The van der Waals surface area contributed by atoms with Crippen LogP contribution in [0.25, 0.3) is 11.4 Å². The molecule has 3 rings (SSSR count). The Hall–Kier alpha value is -2.67. The summed E-state index contributed by atoms with van der Waals surface area (Å²) in [4.78, 5) is 31.6. The van der Waals surface area contributed by atoms with E-state index in [9.17, 15) is 9.59 Å². The van der Waals surface area contributed by atoms with Gasteiger partial charge < -0.3 is 10.4 Å². The highest BCUT2D eigenvalue weighted by Crippen LogP contribution is 2.25. The number of nitrogens with zero attached hydrogens (tertiary/aromatic N) is 2. The average Bonchev–Trinajstić information content (AvgIpc) is 3.09. The predicted octanol–water partition coefficient (Wildman–Crippen LogP) is 2.27. The molecule has 0 aliphatic carbocycles. The Labute approximate surface area is 149 Å². The third kappa shape index (κ3) is 4.45. The van der Waals surface area contributed by atoms with Crippen LogP contribution in [-0.4, -0.2) is 38.2 Å². The molecule has 2 heterocycles. The molecule has 0 saturated carbocycles. The van der Waals surface area contributed by atoms with Crippen LogP contribution in [-0.2, 0) is 16.0 Å². The van der Waals surface area contributed by atoms with Crippen molar-refractivity contribution in [1.29, 1.82) is 0 Å². The fourth-order valence-electron chi connectivity index (χ4n) is 2.52. The number of benzene rings is 1. The van der Waals surface area contributed by atoms with Crippen molar-refractivity contribution in [3.05, 3.63) is 59.8 Å². The van der Waals surface area contributed by atoms with E-state index in [-0.39, 0.29) is 5.91 Å². The monoisotopic (exact) mass is 355 g/mol. The van der Waals surface area contributed by atoms with Crippen molar-refractivity contribution in [1.82, 2.24) is 15.3 Å². The van der Waals surface area contributed by atoms with Crippen LogP contribution >= 0.6 is 11.8 Å². The highest BCUT2D eigenvalue weighted by Gasteiger charge is 2.30. The lowest BCUT2D eigenvalue weighted by Crippen LogP contribution is -2.42. The number of aryl methyl sites for hydroxylation is 1. The maximum atomic E-state index is 12.1. The van der Waals surface area contributed by atoms with Gasteiger partial charge in [-0.2, -0.15) is 0 Å². The lowest BCUT2D eigenvalue weighted by molar-refractivity contribution is -0.136. The third-order valence-corrected chi connectivity index (χ3v) is 4.93. The fourth-order valence-corrected chi connectivity index (χ4v) is 3.39. The molecule has 6 nitrogen and oxygen atoms in total. The van der Waals surface area contributed by atoms with E-state index in [1.54, 1.807) is 29.9 Å². The van der Waals surface area contributed by atoms with E-state index in [1.165, 1.54) is 11.8 Å². The van der Waals surface area contributed by atoms with Crippen molar-refractivity contribution in [2.75, 3.05) is 0 Å². The van der Waals surface area contributed by atoms with Gasteiger partial charge in [-0.1, -0.05) is 30.3 Å². The van der Waals surface area contributed by atoms with Gasteiger partial charge >= 0.3 is 5.97 Å². The zero-order valence-corrected chi connectivity index (χ0v) is 14.1. The number of aromatic nitrogens is 2. The number of nitrogens with one attached hydrogen (secondary N) is 1. The Balaban J connectivity index is 1.52. The van der Waals surface area contributed by atoms with Gasteiger partial charge in [0.05, 0.1) is 6.04 Å². The quantitative estimate of drug-likeness (QED) is 0.826. The zero-order chi connectivity index (χ0) is 17.6. The summed E-state index contributed by atoms with van der Waals surface area (Å²) in [5.41, 5.74) is 1.95. The SMILES string of the molecule is O=C(CCc1ccc(-c2ncccn2)cc1)NC1C=CSC1C(=O)O. The molecule has 128 valence electrons. The molecule has 2 unspecified atom stereocenters. The fraction of sp³-hybridized carbons (Fsp3) is 0.222. The number of carbonyl (C=O) groups excluding carboxylic acids is 1. The summed E-state index contributed by atoms with van der Waals surface area (Å²) in [5, 5.41) is 12.9. The second-order valence-electron chi connectivity index (χ2n) is 5.59. The molecular formula is C18H17N3O3S. The minimum atomic E-state index is -0.918. The molecular weight excluding hydrogens is 338 g/mol. The number of carboxylic acids is 1. The van der Waals surface area contributed by atoms with Gasteiger partial charge in [-0.3, -0.25) is 9.59 Å². The maximum Gasteiger partial charge on any atom is 0.319 e. The molecule has 1 aromatic heterocycles. The Bertz CT molecular complexity index is 778. The van der Waals surface area contributed by atoms with E-state index >= 15 is 0 Å². The second kappa shape index (κ2) is 7.94. The molecule has 2 aromatic rings. The van der Waals surface area contributed by atoms with Gasteiger partial charge in [-0.05, 0) is 23.5 Å². The summed E-state index contributed by atoms with van der Waals surface area (Å²) < 4.78 is 0. The van der Waals surface area contributed by atoms with Crippen LogP contribution < -0.4 is 5.32 Å². The Morgan fingerprint density at radius 3 is 2.56 bits per heavy atom. The summed E-state index contributed by atoms with van der Waals surface area (Å²) in [6, 6.07) is 9.07. The number of aliphatic carboxylic acids is 1. The van der Waals surface area contributed by atoms with E-state index in [2.05, 4.69) is 15.3 Å². The van der Waals surface area contributed by atoms with E-state index in [4.69, 9.17) is 5.11 Å². The smallest absolute Gasteiger partial charge is 0.319 e. The first-order valence-electron chi connectivity index (χ1n) is 7.84. The highest BCUT2D eigenvalue weighted by molar-refractivity contribution is 8.03. The van der Waals surface area contributed by atoms with Crippen LogP contribution in [0.4, 0.5) is 0 Å². The van der Waals surface area contributed by atoms with Crippen molar-refractivity contribution in [2.24, 2.45) is 0 Å². The summed E-state index contributed by atoms with van der Waals surface area (Å²) in [6.07, 6.45) is 6.00. The van der Waals surface area contributed by atoms with Gasteiger partial charge in [0.25, 0.3) is 0 Å².